The van der Waals surface area contributed by atoms with Gasteiger partial charge < -0.3 is 15.0 Å². The summed E-state index contributed by atoms with van der Waals surface area (Å²) >= 11 is 0. The lowest BCUT2D eigenvalue weighted by Crippen LogP contribution is -2.35. The summed E-state index contributed by atoms with van der Waals surface area (Å²) in [4.78, 5) is 2.40. The largest absolute Gasteiger partial charge is 0.379 e. The van der Waals surface area contributed by atoms with Crippen molar-refractivity contribution in [1.82, 2.24) is 10.2 Å². The molecule has 0 heterocycles. The van der Waals surface area contributed by atoms with Crippen LogP contribution in [-0.4, -0.2) is 50.3 Å². The van der Waals surface area contributed by atoms with Gasteiger partial charge in [0.05, 0.1) is 6.10 Å². The third kappa shape index (κ3) is 9.13. The Morgan fingerprint density at radius 3 is 2.44 bits per heavy atom. The number of nitrogens with zero attached hydrogens (tertiary/aromatic N) is 1. The van der Waals surface area contributed by atoms with Crippen molar-refractivity contribution in [2.45, 2.75) is 52.7 Å². The minimum absolute atomic E-state index is 0.358. The van der Waals surface area contributed by atoms with E-state index < -0.39 is 0 Å². The van der Waals surface area contributed by atoms with Gasteiger partial charge in [0.15, 0.2) is 0 Å². The van der Waals surface area contributed by atoms with Crippen LogP contribution in [0.4, 0.5) is 0 Å². The Morgan fingerprint density at radius 2 is 1.88 bits per heavy atom. The number of likely N-dealkylation sites (N-methyl/N-ethyl adjacent to an activating group) is 1. The molecule has 0 aliphatic rings. The summed E-state index contributed by atoms with van der Waals surface area (Å²) in [5.74, 6) is 0. The zero-order valence-corrected chi connectivity index (χ0v) is 11.8. The highest BCUT2D eigenvalue weighted by Crippen LogP contribution is 1.98. The monoisotopic (exact) mass is 230 g/mol. The maximum atomic E-state index is 5.47. The predicted octanol–water partition coefficient (Wildman–Crippen LogP) is 2.12. The molecule has 0 saturated carbocycles. The molecule has 0 aromatic heterocycles. The summed E-state index contributed by atoms with van der Waals surface area (Å²) in [5, 5.41) is 3.45. The fourth-order valence-electron chi connectivity index (χ4n) is 1.43. The highest BCUT2D eigenvalue weighted by Gasteiger charge is 2.04. The van der Waals surface area contributed by atoms with Gasteiger partial charge in [0.1, 0.15) is 0 Å². The standard InChI is InChI=1S/C13H30N2O/c1-6-13(4)15(5)10-9-14-8-7-11-16-12(2)3/h12-14H,6-11H2,1-5H3. The molecule has 0 saturated heterocycles. The number of hydrogen-bond donors (Lipinski definition) is 1. The van der Waals surface area contributed by atoms with Crippen molar-refractivity contribution in [2.75, 3.05) is 33.3 Å². The maximum Gasteiger partial charge on any atom is 0.0518 e. The topological polar surface area (TPSA) is 24.5 Å². The molecular formula is C13H30N2O. The molecular weight excluding hydrogens is 200 g/mol. The Kier molecular flexibility index (Phi) is 9.99. The summed E-state index contributed by atoms with van der Waals surface area (Å²) in [6.07, 6.45) is 2.68. The molecule has 0 aromatic rings. The molecule has 0 aliphatic carbocycles. The first kappa shape index (κ1) is 15.9. The van der Waals surface area contributed by atoms with Gasteiger partial charge in [0.25, 0.3) is 0 Å². The van der Waals surface area contributed by atoms with Crippen molar-refractivity contribution in [3.63, 3.8) is 0 Å². The highest BCUT2D eigenvalue weighted by atomic mass is 16.5. The smallest absolute Gasteiger partial charge is 0.0518 e. The average Bonchev–Trinajstić information content (AvgIpc) is 2.25. The lowest BCUT2D eigenvalue weighted by molar-refractivity contribution is 0.0770. The first-order valence-corrected chi connectivity index (χ1v) is 6.60. The number of hydrogen-bond acceptors (Lipinski definition) is 3. The Bertz CT molecular complexity index is 151. The second-order valence-corrected chi connectivity index (χ2v) is 4.76. The molecule has 0 bridgehead atoms. The van der Waals surface area contributed by atoms with Crippen molar-refractivity contribution in [3.05, 3.63) is 0 Å². The molecule has 0 spiro atoms. The SMILES string of the molecule is CCC(C)N(C)CCNCCCOC(C)C. The Balaban J connectivity index is 3.20. The minimum Gasteiger partial charge on any atom is -0.379 e. The fourth-order valence-corrected chi connectivity index (χ4v) is 1.43. The maximum absolute atomic E-state index is 5.47. The van der Waals surface area contributed by atoms with E-state index in [1.807, 2.05) is 0 Å². The van der Waals surface area contributed by atoms with Gasteiger partial charge in [-0.3, -0.25) is 0 Å². The molecule has 3 nitrogen and oxygen atoms in total. The van der Waals surface area contributed by atoms with Crippen LogP contribution in [0, 0.1) is 0 Å². The summed E-state index contributed by atoms with van der Waals surface area (Å²) in [6.45, 7) is 12.8. The molecule has 0 radical (unpaired) electrons. The number of nitrogens with one attached hydrogen (secondary N) is 1. The van der Waals surface area contributed by atoms with Crippen molar-refractivity contribution < 1.29 is 4.74 Å². The zero-order valence-electron chi connectivity index (χ0n) is 11.8. The summed E-state index contributed by atoms with van der Waals surface area (Å²) in [7, 11) is 2.19. The van der Waals surface area contributed by atoms with Crippen LogP contribution >= 0.6 is 0 Å². The summed E-state index contributed by atoms with van der Waals surface area (Å²) < 4.78 is 5.47. The van der Waals surface area contributed by atoms with E-state index in [1.54, 1.807) is 0 Å². The molecule has 0 aliphatic heterocycles. The van der Waals surface area contributed by atoms with E-state index in [-0.39, 0.29) is 0 Å². The molecule has 1 N–H and O–H groups in total. The second-order valence-electron chi connectivity index (χ2n) is 4.76. The minimum atomic E-state index is 0.358. The van der Waals surface area contributed by atoms with Gasteiger partial charge in [0.2, 0.25) is 0 Å². The molecule has 0 aromatic carbocycles. The van der Waals surface area contributed by atoms with E-state index in [2.05, 4.69) is 45.0 Å². The normalized spacial score (nSPS) is 13.7. The molecule has 1 atom stereocenters. The third-order valence-electron chi connectivity index (χ3n) is 2.93. The van der Waals surface area contributed by atoms with Crippen molar-refractivity contribution in [2.24, 2.45) is 0 Å². The van der Waals surface area contributed by atoms with Gasteiger partial charge in [-0.2, -0.15) is 0 Å². The van der Waals surface area contributed by atoms with Gasteiger partial charge in [-0.05, 0) is 47.2 Å². The van der Waals surface area contributed by atoms with Gasteiger partial charge in [-0.15, -0.1) is 0 Å². The molecule has 0 rings (SSSR count). The summed E-state index contributed by atoms with van der Waals surface area (Å²) in [6, 6.07) is 0.686. The van der Waals surface area contributed by atoms with Crippen molar-refractivity contribution >= 4 is 0 Å². The molecule has 1 unspecified atom stereocenters. The lowest BCUT2D eigenvalue weighted by Gasteiger charge is -2.23. The van der Waals surface area contributed by atoms with Crippen molar-refractivity contribution in [1.29, 1.82) is 0 Å². The second kappa shape index (κ2) is 10.1. The van der Waals surface area contributed by atoms with Gasteiger partial charge >= 0.3 is 0 Å². The Labute approximate surface area is 102 Å². The highest BCUT2D eigenvalue weighted by molar-refractivity contribution is 4.62. The van der Waals surface area contributed by atoms with Crippen LogP contribution in [0.2, 0.25) is 0 Å². The predicted molar refractivity (Wildman–Crippen MR) is 71.0 cm³/mol. The fraction of sp³-hybridized carbons (Fsp3) is 1.00. The number of rotatable bonds is 10. The van der Waals surface area contributed by atoms with Crippen LogP contribution in [0.1, 0.15) is 40.5 Å². The zero-order chi connectivity index (χ0) is 12.4. The van der Waals surface area contributed by atoms with Crippen LogP contribution in [0.5, 0.6) is 0 Å². The van der Waals surface area contributed by atoms with Crippen LogP contribution in [0.15, 0.2) is 0 Å². The van der Waals surface area contributed by atoms with Crippen LogP contribution in [-0.2, 0) is 4.74 Å². The van der Waals surface area contributed by atoms with Crippen LogP contribution in [0.25, 0.3) is 0 Å². The van der Waals surface area contributed by atoms with E-state index in [0.29, 0.717) is 12.1 Å². The Morgan fingerprint density at radius 1 is 1.19 bits per heavy atom. The lowest BCUT2D eigenvalue weighted by atomic mass is 10.2. The molecule has 98 valence electrons. The van der Waals surface area contributed by atoms with E-state index in [1.165, 1.54) is 6.42 Å². The van der Waals surface area contributed by atoms with Gasteiger partial charge in [-0.25, -0.2) is 0 Å². The molecule has 0 amide bonds. The van der Waals surface area contributed by atoms with E-state index in [0.717, 1.165) is 32.7 Å². The average molecular weight is 230 g/mol. The first-order valence-electron chi connectivity index (χ1n) is 6.60. The first-order chi connectivity index (χ1) is 7.57. The van der Waals surface area contributed by atoms with E-state index in [9.17, 15) is 0 Å². The van der Waals surface area contributed by atoms with E-state index in [4.69, 9.17) is 4.74 Å². The Hall–Kier alpha value is -0.120. The van der Waals surface area contributed by atoms with Crippen LogP contribution < -0.4 is 5.32 Å². The van der Waals surface area contributed by atoms with Crippen LogP contribution in [0.3, 0.4) is 0 Å². The molecule has 16 heavy (non-hydrogen) atoms. The molecule has 0 fully saturated rings. The van der Waals surface area contributed by atoms with Crippen molar-refractivity contribution in [3.8, 4) is 0 Å². The van der Waals surface area contributed by atoms with E-state index >= 15 is 0 Å². The molecule has 3 heteroatoms. The quantitative estimate of drug-likeness (QED) is 0.582. The van der Waals surface area contributed by atoms with Gasteiger partial charge in [-0.1, -0.05) is 6.92 Å². The van der Waals surface area contributed by atoms with Gasteiger partial charge in [0, 0.05) is 25.7 Å². The summed E-state index contributed by atoms with van der Waals surface area (Å²) in [5.41, 5.74) is 0. The third-order valence-corrected chi connectivity index (χ3v) is 2.93. The number of ether oxygens (including phenoxy) is 1.